The number of benzene rings is 1. The van der Waals surface area contributed by atoms with E-state index in [1.807, 2.05) is 0 Å². The largest absolute Gasteiger partial charge is 0.478 e. The van der Waals surface area contributed by atoms with Crippen molar-refractivity contribution in [2.75, 3.05) is 0 Å². The molecule has 80 valence electrons. The Morgan fingerprint density at radius 2 is 1.93 bits per heavy atom. The Morgan fingerprint density at radius 3 is 2.40 bits per heavy atom. The number of hydrogen-bond donors (Lipinski definition) is 2. The van der Waals surface area contributed by atoms with E-state index in [1.165, 1.54) is 25.0 Å². The molecule has 0 bridgehead atoms. The van der Waals surface area contributed by atoms with E-state index in [4.69, 9.17) is 5.11 Å². The van der Waals surface area contributed by atoms with Crippen molar-refractivity contribution in [3.05, 3.63) is 35.4 Å². The van der Waals surface area contributed by atoms with E-state index in [9.17, 15) is 9.90 Å². The van der Waals surface area contributed by atoms with Gasteiger partial charge in [0.2, 0.25) is 0 Å². The highest BCUT2D eigenvalue weighted by molar-refractivity contribution is 5.87. The second kappa shape index (κ2) is 4.03. The van der Waals surface area contributed by atoms with Gasteiger partial charge in [0.25, 0.3) is 0 Å². The van der Waals surface area contributed by atoms with E-state index in [0.29, 0.717) is 5.92 Å². The first-order valence-electron chi connectivity index (χ1n) is 5.18. The summed E-state index contributed by atoms with van der Waals surface area (Å²) in [5, 5.41) is 18.5. The van der Waals surface area contributed by atoms with Crippen LogP contribution in [0.15, 0.2) is 24.3 Å². The van der Waals surface area contributed by atoms with Crippen molar-refractivity contribution < 1.29 is 15.0 Å². The van der Waals surface area contributed by atoms with Gasteiger partial charge in [0.1, 0.15) is 0 Å². The molecule has 1 aliphatic carbocycles. The molecule has 0 aromatic heterocycles. The van der Waals surface area contributed by atoms with Crippen LogP contribution in [-0.4, -0.2) is 16.2 Å². The number of rotatable bonds is 4. The van der Waals surface area contributed by atoms with E-state index in [2.05, 4.69) is 0 Å². The maximum atomic E-state index is 10.6. The van der Waals surface area contributed by atoms with Crippen molar-refractivity contribution in [3.8, 4) is 0 Å². The van der Waals surface area contributed by atoms with Crippen LogP contribution in [0.2, 0.25) is 0 Å². The maximum absolute atomic E-state index is 10.6. The van der Waals surface area contributed by atoms with Crippen molar-refractivity contribution in [3.63, 3.8) is 0 Å². The van der Waals surface area contributed by atoms with Gasteiger partial charge < -0.3 is 10.2 Å². The van der Waals surface area contributed by atoms with Gasteiger partial charge in [-0.1, -0.05) is 25.0 Å². The zero-order chi connectivity index (χ0) is 10.8. The van der Waals surface area contributed by atoms with Gasteiger partial charge in [0.05, 0.1) is 11.7 Å². The molecule has 1 aliphatic rings. The van der Waals surface area contributed by atoms with Crippen molar-refractivity contribution >= 4 is 5.97 Å². The summed E-state index contributed by atoms with van der Waals surface area (Å²) < 4.78 is 0. The number of carbonyl (C=O) groups is 1. The molecule has 1 unspecified atom stereocenters. The second-order valence-corrected chi connectivity index (χ2v) is 4.12. The summed E-state index contributed by atoms with van der Waals surface area (Å²) in [4.78, 5) is 10.6. The average Bonchev–Trinajstić information content (AvgIpc) is 3.02. The van der Waals surface area contributed by atoms with Crippen LogP contribution < -0.4 is 0 Å². The van der Waals surface area contributed by atoms with Crippen molar-refractivity contribution in [2.45, 2.75) is 25.4 Å². The predicted molar refractivity (Wildman–Crippen MR) is 55.7 cm³/mol. The fourth-order valence-electron chi connectivity index (χ4n) is 1.65. The Hall–Kier alpha value is -1.35. The summed E-state index contributed by atoms with van der Waals surface area (Å²) in [7, 11) is 0. The quantitative estimate of drug-likeness (QED) is 0.794. The lowest BCUT2D eigenvalue weighted by atomic mass is 10.0. The fourth-order valence-corrected chi connectivity index (χ4v) is 1.65. The van der Waals surface area contributed by atoms with Crippen LogP contribution >= 0.6 is 0 Å². The highest BCUT2D eigenvalue weighted by atomic mass is 16.4. The van der Waals surface area contributed by atoms with E-state index in [0.717, 1.165) is 12.0 Å². The minimum atomic E-state index is -0.932. The van der Waals surface area contributed by atoms with Gasteiger partial charge in [-0.25, -0.2) is 4.79 Å². The Bertz CT molecular complexity index is 352. The molecular weight excluding hydrogens is 192 g/mol. The summed E-state index contributed by atoms with van der Waals surface area (Å²) >= 11 is 0. The van der Waals surface area contributed by atoms with Crippen molar-refractivity contribution in [1.29, 1.82) is 0 Å². The molecule has 0 aliphatic heterocycles. The monoisotopic (exact) mass is 206 g/mol. The number of aliphatic hydroxyl groups excluding tert-OH is 1. The third-order valence-corrected chi connectivity index (χ3v) is 2.80. The van der Waals surface area contributed by atoms with Gasteiger partial charge in [-0.05, 0) is 30.0 Å². The lowest BCUT2D eigenvalue weighted by Crippen LogP contribution is -2.00. The molecule has 1 aromatic carbocycles. The fraction of sp³-hybridized carbons (Fsp3) is 0.417. The van der Waals surface area contributed by atoms with E-state index >= 15 is 0 Å². The lowest BCUT2D eigenvalue weighted by Gasteiger charge is -2.09. The molecule has 1 saturated carbocycles. The number of aliphatic hydroxyl groups is 1. The zero-order valence-electron chi connectivity index (χ0n) is 8.39. The number of carboxylic acid groups (broad SMARTS) is 1. The third kappa shape index (κ3) is 2.57. The van der Waals surface area contributed by atoms with Crippen LogP contribution in [0.1, 0.15) is 41.3 Å². The molecule has 0 radical (unpaired) electrons. The van der Waals surface area contributed by atoms with Crippen molar-refractivity contribution in [1.82, 2.24) is 0 Å². The van der Waals surface area contributed by atoms with Crippen LogP contribution in [0.4, 0.5) is 0 Å². The Balaban J connectivity index is 2.04. The highest BCUT2D eigenvalue weighted by Gasteiger charge is 2.25. The van der Waals surface area contributed by atoms with Crippen LogP contribution in [-0.2, 0) is 0 Å². The van der Waals surface area contributed by atoms with Crippen LogP contribution in [0.5, 0.6) is 0 Å². The minimum absolute atomic E-state index is 0.261. The molecular formula is C12H14O3. The molecule has 0 saturated heterocycles. The molecule has 3 nitrogen and oxygen atoms in total. The van der Waals surface area contributed by atoms with E-state index < -0.39 is 12.1 Å². The van der Waals surface area contributed by atoms with Gasteiger partial charge in [0.15, 0.2) is 0 Å². The molecule has 0 spiro atoms. The van der Waals surface area contributed by atoms with Crippen LogP contribution in [0, 0.1) is 5.92 Å². The number of hydrogen-bond acceptors (Lipinski definition) is 2. The summed E-state index contributed by atoms with van der Waals surface area (Å²) in [6.07, 6.45) is 2.78. The molecule has 2 N–H and O–H groups in total. The van der Waals surface area contributed by atoms with Gasteiger partial charge in [-0.15, -0.1) is 0 Å². The summed E-state index contributed by atoms with van der Waals surface area (Å²) in [6.45, 7) is 0. The SMILES string of the molecule is O=C(O)c1ccc(C(O)CC2CC2)cc1. The summed E-state index contributed by atoms with van der Waals surface area (Å²) in [5.41, 5.74) is 1.07. The van der Waals surface area contributed by atoms with Gasteiger partial charge in [-0.2, -0.15) is 0 Å². The third-order valence-electron chi connectivity index (χ3n) is 2.80. The lowest BCUT2D eigenvalue weighted by molar-refractivity contribution is 0.0696. The molecule has 2 rings (SSSR count). The van der Waals surface area contributed by atoms with Gasteiger partial charge >= 0.3 is 5.97 Å². The molecule has 1 aromatic rings. The zero-order valence-corrected chi connectivity index (χ0v) is 8.39. The first-order valence-corrected chi connectivity index (χ1v) is 5.18. The van der Waals surface area contributed by atoms with Gasteiger partial charge in [-0.3, -0.25) is 0 Å². The van der Waals surface area contributed by atoms with Crippen molar-refractivity contribution in [2.24, 2.45) is 5.92 Å². The molecule has 1 atom stereocenters. The van der Waals surface area contributed by atoms with E-state index in [-0.39, 0.29) is 5.56 Å². The minimum Gasteiger partial charge on any atom is -0.478 e. The average molecular weight is 206 g/mol. The Morgan fingerprint density at radius 1 is 1.33 bits per heavy atom. The van der Waals surface area contributed by atoms with E-state index in [1.54, 1.807) is 12.1 Å². The van der Waals surface area contributed by atoms with Crippen LogP contribution in [0.25, 0.3) is 0 Å². The standard InChI is InChI=1S/C12H14O3/c13-11(7-8-1-2-8)9-3-5-10(6-4-9)12(14)15/h3-6,8,11,13H,1-2,7H2,(H,14,15). The number of carboxylic acids is 1. The Kier molecular flexibility index (Phi) is 2.73. The predicted octanol–water partition coefficient (Wildman–Crippen LogP) is 2.22. The topological polar surface area (TPSA) is 57.5 Å². The van der Waals surface area contributed by atoms with Gasteiger partial charge in [0, 0.05) is 0 Å². The highest BCUT2D eigenvalue weighted by Crippen LogP contribution is 2.37. The molecule has 0 amide bonds. The normalized spacial score (nSPS) is 17.4. The first-order chi connectivity index (χ1) is 7.16. The van der Waals surface area contributed by atoms with Crippen LogP contribution in [0.3, 0.4) is 0 Å². The molecule has 1 fully saturated rings. The first kappa shape index (κ1) is 10.2. The second-order valence-electron chi connectivity index (χ2n) is 4.12. The number of aromatic carboxylic acids is 1. The molecule has 0 heterocycles. The summed E-state index contributed by atoms with van der Waals surface area (Å²) in [6, 6.07) is 6.45. The smallest absolute Gasteiger partial charge is 0.335 e. The molecule has 15 heavy (non-hydrogen) atoms. The Labute approximate surface area is 88.4 Å². The summed E-state index contributed by atoms with van der Waals surface area (Å²) in [5.74, 6) is -0.266. The maximum Gasteiger partial charge on any atom is 0.335 e. The molecule has 3 heteroatoms.